The zero-order valence-electron chi connectivity index (χ0n) is 10.9. The van der Waals surface area contributed by atoms with Gasteiger partial charge in [0.1, 0.15) is 11.4 Å². The van der Waals surface area contributed by atoms with E-state index >= 15 is 0 Å². The quantitative estimate of drug-likeness (QED) is 0.651. The summed E-state index contributed by atoms with van der Waals surface area (Å²) < 4.78 is 5.37. The molecule has 2 rings (SSSR count). The summed E-state index contributed by atoms with van der Waals surface area (Å²) in [7, 11) is 0. The van der Waals surface area contributed by atoms with Crippen molar-refractivity contribution in [3.05, 3.63) is 0 Å². The van der Waals surface area contributed by atoms with Crippen molar-refractivity contribution >= 4 is 11.9 Å². The predicted molar refractivity (Wildman–Crippen MR) is 63.6 cm³/mol. The van der Waals surface area contributed by atoms with Gasteiger partial charge in [0, 0.05) is 25.9 Å². The highest BCUT2D eigenvalue weighted by molar-refractivity contribution is 5.80. The Morgan fingerprint density at radius 2 is 1.76 bits per heavy atom. The highest BCUT2D eigenvalue weighted by atomic mass is 16.6. The van der Waals surface area contributed by atoms with Crippen molar-refractivity contribution in [2.75, 3.05) is 13.1 Å². The van der Waals surface area contributed by atoms with Crippen molar-refractivity contribution in [2.24, 2.45) is 11.8 Å². The first-order valence-electron chi connectivity index (χ1n) is 6.33. The summed E-state index contributed by atoms with van der Waals surface area (Å²) in [5.41, 5.74) is -0.445. The fraction of sp³-hybridized carbons (Fsp3) is 0.846. The van der Waals surface area contributed by atoms with Crippen molar-refractivity contribution < 1.29 is 14.3 Å². The molecule has 1 amide bonds. The summed E-state index contributed by atoms with van der Waals surface area (Å²) in [6, 6.07) is 0. The normalized spacial score (nSPS) is 29.1. The molecule has 0 spiro atoms. The molecular weight excluding hydrogens is 218 g/mol. The highest BCUT2D eigenvalue weighted by Gasteiger charge is 2.37. The van der Waals surface area contributed by atoms with Crippen molar-refractivity contribution in [3.8, 4) is 0 Å². The van der Waals surface area contributed by atoms with Crippen LogP contribution in [-0.2, 0) is 9.53 Å². The van der Waals surface area contributed by atoms with Gasteiger partial charge >= 0.3 is 6.09 Å². The third-order valence-electron chi connectivity index (χ3n) is 3.31. The maximum atomic E-state index is 11.9. The lowest BCUT2D eigenvalue weighted by atomic mass is 9.77. The molecule has 0 aromatic heterocycles. The second kappa shape index (κ2) is 4.31. The van der Waals surface area contributed by atoms with Crippen LogP contribution in [0.2, 0.25) is 0 Å². The first kappa shape index (κ1) is 12.4. The molecule has 0 N–H and O–H groups in total. The summed E-state index contributed by atoms with van der Waals surface area (Å²) in [5.74, 6) is 1.06. The Morgan fingerprint density at radius 1 is 1.24 bits per heavy atom. The zero-order valence-corrected chi connectivity index (χ0v) is 10.9. The number of likely N-dealkylation sites (tertiary alicyclic amines) is 1. The predicted octanol–water partition coefficient (Wildman–Crippen LogP) is 2.22. The summed E-state index contributed by atoms with van der Waals surface area (Å²) in [6.45, 7) is 6.98. The van der Waals surface area contributed by atoms with Crippen molar-refractivity contribution in [1.29, 1.82) is 0 Å². The number of rotatable bonds is 0. The van der Waals surface area contributed by atoms with Crippen molar-refractivity contribution in [1.82, 2.24) is 4.90 Å². The Balaban J connectivity index is 1.96. The van der Waals surface area contributed by atoms with E-state index in [2.05, 4.69) is 0 Å². The van der Waals surface area contributed by atoms with Gasteiger partial charge in [-0.05, 0) is 39.0 Å². The molecule has 1 saturated heterocycles. The van der Waals surface area contributed by atoms with Gasteiger partial charge in [0.05, 0.1) is 0 Å². The molecule has 0 aromatic carbocycles. The lowest BCUT2D eigenvalue weighted by Crippen LogP contribution is -2.48. The largest absolute Gasteiger partial charge is 0.444 e. The number of hydrogen-bond acceptors (Lipinski definition) is 3. The monoisotopic (exact) mass is 239 g/mol. The smallest absolute Gasteiger partial charge is 0.410 e. The number of ether oxygens (including phenoxy) is 1. The Morgan fingerprint density at radius 3 is 2.24 bits per heavy atom. The molecule has 1 heterocycles. The van der Waals surface area contributed by atoms with E-state index in [1.165, 1.54) is 0 Å². The van der Waals surface area contributed by atoms with Gasteiger partial charge in [0.2, 0.25) is 0 Å². The fourth-order valence-corrected chi connectivity index (χ4v) is 2.82. The van der Waals surface area contributed by atoms with E-state index in [9.17, 15) is 9.59 Å². The van der Waals surface area contributed by atoms with E-state index in [0.717, 1.165) is 6.42 Å². The Bertz CT molecular complexity index is 316. The Kier molecular flexibility index (Phi) is 3.15. The molecule has 1 saturated carbocycles. The molecule has 2 atom stereocenters. The Hall–Kier alpha value is -1.06. The summed E-state index contributed by atoms with van der Waals surface area (Å²) in [5, 5.41) is 0. The lowest BCUT2D eigenvalue weighted by molar-refractivity contribution is -0.125. The summed E-state index contributed by atoms with van der Waals surface area (Å²) in [4.78, 5) is 25.2. The second-order valence-electron chi connectivity index (χ2n) is 6.30. The van der Waals surface area contributed by atoms with E-state index in [1.807, 2.05) is 20.8 Å². The van der Waals surface area contributed by atoms with Gasteiger partial charge < -0.3 is 9.64 Å². The van der Waals surface area contributed by atoms with Crippen molar-refractivity contribution in [2.45, 2.75) is 45.6 Å². The number of carbonyl (C=O) groups excluding carboxylic acids is 2. The maximum absolute atomic E-state index is 11.9. The number of nitrogens with zero attached hydrogens (tertiary/aromatic N) is 1. The molecule has 4 heteroatoms. The molecular formula is C13H21NO3. The van der Waals surface area contributed by atoms with Gasteiger partial charge in [-0.1, -0.05) is 0 Å². The number of fused-ring (bicyclic) bond motifs is 2. The zero-order chi connectivity index (χ0) is 12.6. The minimum atomic E-state index is -0.445. The number of Topliss-reactive ketones (excluding diaryl/α,β-unsaturated/α-hetero) is 1. The van der Waals surface area contributed by atoms with E-state index in [-0.39, 0.29) is 6.09 Å². The number of amides is 1. The molecule has 1 aliphatic carbocycles. The van der Waals surface area contributed by atoms with E-state index < -0.39 is 5.60 Å². The average Bonchev–Trinajstić information content (AvgIpc) is 2.12. The van der Waals surface area contributed by atoms with Gasteiger partial charge in [-0.3, -0.25) is 4.79 Å². The van der Waals surface area contributed by atoms with Crippen LogP contribution in [0.25, 0.3) is 0 Å². The van der Waals surface area contributed by atoms with Gasteiger partial charge in [-0.2, -0.15) is 0 Å². The number of piperidine rings is 1. The standard InChI is InChI=1S/C13H21NO3/c1-13(2,3)17-12(16)14-7-9-4-10(8-14)6-11(15)5-9/h9-10H,4-8H2,1-3H3/t9-,10-/m0/s1. The molecule has 2 aliphatic rings. The molecule has 2 bridgehead atoms. The molecule has 96 valence electrons. The van der Waals surface area contributed by atoms with Crippen LogP contribution in [0.4, 0.5) is 4.79 Å². The fourth-order valence-electron chi connectivity index (χ4n) is 2.82. The second-order valence-corrected chi connectivity index (χ2v) is 6.30. The lowest BCUT2D eigenvalue weighted by Gasteiger charge is -2.40. The van der Waals surface area contributed by atoms with Crippen LogP contribution in [0, 0.1) is 11.8 Å². The summed E-state index contributed by atoms with van der Waals surface area (Å²) in [6.07, 6.45) is 2.12. The maximum Gasteiger partial charge on any atom is 0.410 e. The first-order valence-corrected chi connectivity index (χ1v) is 6.33. The molecule has 2 fully saturated rings. The Labute approximate surface area is 102 Å². The van der Waals surface area contributed by atoms with Crippen LogP contribution in [-0.4, -0.2) is 35.5 Å². The third kappa shape index (κ3) is 3.20. The van der Waals surface area contributed by atoms with Crippen LogP contribution in [0.15, 0.2) is 0 Å². The van der Waals surface area contributed by atoms with Crippen molar-refractivity contribution in [3.63, 3.8) is 0 Å². The molecule has 0 aromatic rings. The molecule has 1 aliphatic heterocycles. The van der Waals surface area contributed by atoms with Gasteiger partial charge in [0.15, 0.2) is 0 Å². The SMILES string of the molecule is CC(C)(C)OC(=O)N1C[C@@H]2CC(=O)C[C@H](C2)C1. The number of hydrogen-bond donors (Lipinski definition) is 0. The first-order chi connectivity index (χ1) is 7.83. The molecule has 0 unspecified atom stereocenters. The molecule has 17 heavy (non-hydrogen) atoms. The van der Waals surface area contributed by atoms with Crippen LogP contribution in [0.5, 0.6) is 0 Å². The highest BCUT2D eigenvalue weighted by Crippen LogP contribution is 2.33. The van der Waals surface area contributed by atoms with E-state index in [4.69, 9.17) is 4.74 Å². The van der Waals surface area contributed by atoms with Gasteiger partial charge in [-0.15, -0.1) is 0 Å². The van der Waals surface area contributed by atoms with Crippen LogP contribution in [0.1, 0.15) is 40.0 Å². The van der Waals surface area contributed by atoms with Gasteiger partial charge in [0.25, 0.3) is 0 Å². The third-order valence-corrected chi connectivity index (χ3v) is 3.31. The van der Waals surface area contributed by atoms with Crippen LogP contribution in [0.3, 0.4) is 0 Å². The topological polar surface area (TPSA) is 46.6 Å². The van der Waals surface area contributed by atoms with E-state index in [0.29, 0.717) is 43.6 Å². The van der Waals surface area contributed by atoms with E-state index in [1.54, 1.807) is 4.90 Å². The summed E-state index contributed by atoms with van der Waals surface area (Å²) >= 11 is 0. The van der Waals surface area contributed by atoms with Gasteiger partial charge in [-0.25, -0.2) is 4.79 Å². The average molecular weight is 239 g/mol. The number of carbonyl (C=O) groups is 2. The minimum absolute atomic E-state index is 0.235. The minimum Gasteiger partial charge on any atom is -0.444 e. The number of ketones is 1. The molecule has 4 nitrogen and oxygen atoms in total. The molecule has 0 radical (unpaired) electrons. The van der Waals surface area contributed by atoms with Crippen LogP contribution < -0.4 is 0 Å². The van der Waals surface area contributed by atoms with Crippen LogP contribution >= 0.6 is 0 Å².